The van der Waals surface area contributed by atoms with E-state index in [2.05, 4.69) is 29.3 Å². The van der Waals surface area contributed by atoms with Crippen molar-refractivity contribution < 1.29 is 9.18 Å². The van der Waals surface area contributed by atoms with Gasteiger partial charge in [-0.1, -0.05) is 37.3 Å². The van der Waals surface area contributed by atoms with Gasteiger partial charge in [0.15, 0.2) is 0 Å². The van der Waals surface area contributed by atoms with Gasteiger partial charge in [0.25, 0.3) is 0 Å². The van der Waals surface area contributed by atoms with Crippen LogP contribution in [0.1, 0.15) is 18.1 Å². The average molecular weight is 326 g/mol. The van der Waals surface area contributed by atoms with Gasteiger partial charge in [0, 0.05) is 25.3 Å². The maximum atomic E-state index is 13.3. The maximum Gasteiger partial charge on any atom is 0.229 e. The molecule has 1 amide bonds. The van der Waals surface area contributed by atoms with Crippen molar-refractivity contribution in [2.24, 2.45) is 11.8 Å². The Labute approximate surface area is 142 Å². The number of benzene rings is 2. The summed E-state index contributed by atoms with van der Waals surface area (Å²) in [6.45, 7) is 6.35. The summed E-state index contributed by atoms with van der Waals surface area (Å²) in [4.78, 5) is 14.9. The van der Waals surface area contributed by atoms with E-state index in [-0.39, 0.29) is 17.6 Å². The predicted molar refractivity (Wildman–Crippen MR) is 94.1 cm³/mol. The van der Waals surface area contributed by atoms with Crippen LogP contribution < -0.4 is 5.32 Å². The van der Waals surface area contributed by atoms with Gasteiger partial charge in [0.2, 0.25) is 5.91 Å². The minimum atomic E-state index is -0.253. The number of anilines is 1. The Morgan fingerprint density at radius 3 is 2.67 bits per heavy atom. The van der Waals surface area contributed by atoms with Crippen molar-refractivity contribution in [1.82, 2.24) is 4.90 Å². The fraction of sp³-hybridized carbons (Fsp3) is 0.350. The zero-order valence-corrected chi connectivity index (χ0v) is 14.1. The molecule has 0 radical (unpaired) electrons. The molecule has 24 heavy (non-hydrogen) atoms. The van der Waals surface area contributed by atoms with Crippen molar-refractivity contribution in [2.75, 3.05) is 18.4 Å². The number of hydrogen-bond donors (Lipinski definition) is 1. The van der Waals surface area contributed by atoms with E-state index in [1.807, 2.05) is 18.2 Å². The van der Waals surface area contributed by atoms with Crippen molar-refractivity contribution in [1.29, 1.82) is 0 Å². The molecule has 0 spiro atoms. The lowest BCUT2D eigenvalue weighted by atomic mass is 9.97. The van der Waals surface area contributed by atoms with E-state index < -0.39 is 0 Å². The van der Waals surface area contributed by atoms with Crippen molar-refractivity contribution in [3.8, 4) is 0 Å². The van der Waals surface area contributed by atoms with Crippen LogP contribution in [0.5, 0.6) is 0 Å². The first-order chi connectivity index (χ1) is 11.5. The lowest BCUT2D eigenvalue weighted by Gasteiger charge is -2.16. The Bertz CT molecular complexity index is 717. The molecule has 0 aliphatic carbocycles. The summed E-state index contributed by atoms with van der Waals surface area (Å²) in [5, 5.41) is 2.93. The first kappa shape index (κ1) is 16.7. The molecule has 0 aromatic heterocycles. The summed E-state index contributed by atoms with van der Waals surface area (Å²) in [6.07, 6.45) is 0. The molecule has 1 aliphatic heterocycles. The van der Waals surface area contributed by atoms with Gasteiger partial charge in [-0.2, -0.15) is 0 Å². The molecule has 1 N–H and O–H groups in total. The van der Waals surface area contributed by atoms with Gasteiger partial charge in [-0.3, -0.25) is 9.69 Å². The van der Waals surface area contributed by atoms with E-state index in [0.29, 0.717) is 17.2 Å². The fourth-order valence-corrected chi connectivity index (χ4v) is 3.34. The Morgan fingerprint density at radius 1 is 1.21 bits per heavy atom. The normalized spacial score (nSPS) is 21.0. The van der Waals surface area contributed by atoms with E-state index >= 15 is 0 Å². The second-order valence-electron chi connectivity index (χ2n) is 6.72. The number of likely N-dealkylation sites (tertiary alicyclic amines) is 1. The van der Waals surface area contributed by atoms with Crippen LogP contribution in [0.3, 0.4) is 0 Å². The summed E-state index contributed by atoms with van der Waals surface area (Å²) >= 11 is 0. The molecule has 1 aliphatic rings. The number of halogens is 1. The third kappa shape index (κ3) is 3.82. The molecule has 2 aromatic rings. The summed E-state index contributed by atoms with van der Waals surface area (Å²) in [7, 11) is 0. The number of rotatable bonds is 4. The van der Waals surface area contributed by atoms with Gasteiger partial charge < -0.3 is 5.32 Å². The number of nitrogens with one attached hydrogen (secondary N) is 1. The third-order valence-electron chi connectivity index (χ3n) is 4.70. The Hall–Kier alpha value is -2.20. The Morgan fingerprint density at radius 2 is 1.96 bits per heavy atom. The average Bonchev–Trinajstić information content (AvgIpc) is 2.92. The van der Waals surface area contributed by atoms with E-state index in [0.717, 1.165) is 19.6 Å². The highest BCUT2D eigenvalue weighted by Crippen LogP contribution is 2.26. The largest absolute Gasteiger partial charge is 0.326 e. The monoisotopic (exact) mass is 326 g/mol. The topological polar surface area (TPSA) is 32.3 Å². The Kier molecular flexibility index (Phi) is 4.95. The first-order valence-corrected chi connectivity index (χ1v) is 8.36. The van der Waals surface area contributed by atoms with Gasteiger partial charge >= 0.3 is 0 Å². The zero-order chi connectivity index (χ0) is 17.1. The lowest BCUT2D eigenvalue weighted by Crippen LogP contribution is -2.28. The number of carbonyl (C=O) groups excluding carboxylic acids is 1. The van der Waals surface area contributed by atoms with Crippen LogP contribution in [0.2, 0.25) is 0 Å². The summed E-state index contributed by atoms with van der Waals surface area (Å²) in [5.74, 6) is 0.0228. The lowest BCUT2D eigenvalue weighted by molar-refractivity contribution is -0.120. The molecule has 3 nitrogen and oxygen atoms in total. The quantitative estimate of drug-likeness (QED) is 0.926. The van der Waals surface area contributed by atoms with Crippen LogP contribution in [0, 0.1) is 24.6 Å². The van der Waals surface area contributed by atoms with Crippen LogP contribution in [0.4, 0.5) is 10.1 Å². The molecule has 2 unspecified atom stereocenters. The molecule has 1 saturated heterocycles. The zero-order valence-electron chi connectivity index (χ0n) is 14.1. The van der Waals surface area contributed by atoms with Crippen molar-refractivity contribution in [3.05, 3.63) is 65.5 Å². The molecule has 2 aromatic carbocycles. The molecule has 1 fully saturated rings. The van der Waals surface area contributed by atoms with Crippen LogP contribution >= 0.6 is 0 Å². The van der Waals surface area contributed by atoms with Crippen molar-refractivity contribution >= 4 is 11.6 Å². The molecule has 0 bridgehead atoms. The molecular weight excluding hydrogens is 303 g/mol. The van der Waals surface area contributed by atoms with Gasteiger partial charge in [-0.25, -0.2) is 4.39 Å². The maximum absolute atomic E-state index is 13.3. The van der Waals surface area contributed by atoms with Gasteiger partial charge in [0.1, 0.15) is 5.82 Å². The van der Waals surface area contributed by atoms with Crippen molar-refractivity contribution in [2.45, 2.75) is 20.4 Å². The van der Waals surface area contributed by atoms with Crippen LogP contribution in [0.25, 0.3) is 0 Å². The minimum absolute atomic E-state index is 0.0177. The third-order valence-corrected chi connectivity index (χ3v) is 4.70. The number of nitrogens with zero attached hydrogens (tertiary/aromatic N) is 1. The van der Waals surface area contributed by atoms with Gasteiger partial charge in [-0.05, 0) is 42.2 Å². The number of aryl methyl sites for hydroxylation is 1. The standard InChI is InChI=1S/C20H23FN2O/c1-14-10-17(8-9-19(14)21)22-20(24)18-13-23(11-15(18)2)12-16-6-4-3-5-7-16/h3-10,15,18H,11-13H2,1-2H3,(H,22,24). The number of carbonyl (C=O) groups is 1. The van der Waals surface area contributed by atoms with E-state index in [9.17, 15) is 9.18 Å². The molecule has 0 saturated carbocycles. The first-order valence-electron chi connectivity index (χ1n) is 8.36. The molecule has 3 rings (SSSR count). The molecule has 1 heterocycles. The van der Waals surface area contributed by atoms with Crippen LogP contribution in [0.15, 0.2) is 48.5 Å². The Balaban J connectivity index is 1.61. The molecule has 126 valence electrons. The summed E-state index contributed by atoms with van der Waals surface area (Å²) in [5.41, 5.74) is 2.46. The van der Waals surface area contributed by atoms with Gasteiger partial charge in [0.05, 0.1) is 5.92 Å². The second-order valence-corrected chi connectivity index (χ2v) is 6.72. The van der Waals surface area contributed by atoms with Crippen LogP contribution in [-0.2, 0) is 11.3 Å². The second kappa shape index (κ2) is 7.14. The van der Waals surface area contributed by atoms with E-state index in [1.165, 1.54) is 11.6 Å². The molecular formula is C20H23FN2O. The van der Waals surface area contributed by atoms with E-state index in [1.54, 1.807) is 19.1 Å². The summed E-state index contributed by atoms with van der Waals surface area (Å²) < 4.78 is 13.3. The van der Waals surface area contributed by atoms with E-state index in [4.69, 9.17) is 0 Å². The number of hydrogen-bond acceptors (Lipinski definition) is 2. The smallest absolute Gasteiger partial charge is 0.229 e. The van der Waals surface area contributed by atoms with Gasteiger partial charge in [-0.15, -0.1) is 0 Å². The minimum Gasteiger partial charge on any atom is -0.326 e. The highest BCUT2D eigenvalue weighted by molar-refractivity contribution is 5.93. The highest BCUT2D eigenvalue weighted by Gasteiger charge is 2.34. The van der Waals surface area contributed by atoms with Crippen molar-refractivity contribution in [3.63, 3.8) is 0 Å². The SMILES string of the molecule is Cc1cc(NC(=O)C2CN(Cc3ccccc3)CC2C)ccc1F. The number of amides is 1. The predicted octanol–water partition coefficient (Wildman–Crippen LogP) is 3.84. The van der Waals surface area contributed by atoms with Crippen LogP contribution in [-0.4, -0.2) is 23.9 Å². The molecule has 2 atom stereocenters. The highest BCUT2D eigenvalue weighted by atomic mass is 19.1. The summed E-state index contributed by atoms with van der Waals surface area (Å²) in [6, 6.07) is 15.0. The molecule has 4 heteroatoms. The fourth-order valence-electron chi connectivity index (χ4n) is 3.34.